The zero-order valence-electron chi connectivity index (χ0n) is 11.9. The van der Waals surface area contributed by atoms with Crippen molar-refractivity contribution in [1.82, 2.24) is 5.32 Å². The molecule has 3 rings (SSSR count). The number of carbonyl (C=O) groups is 2. The highest BCUT2D eigenvalue weighted by atomic mass is 32.1. The third kappa shape index (κ3) is 2.63. The van der Waals surface area contributed by atoms with Gasteiger partial charge in [0.2, 0.25) is 5.60 Å². The fourth-order valence-electron chi connectivity index (χ4n) is 2.50. The van der Waals surface area contributed by atoms with Gasteiger partial charge in [0.05, 0.1) is 6.54 Å². The Bertz CT molecular complexity index is 672. The van der Waals surface area contributed by atoms with Crippen molar-refractivity contribution in [1.29, 1.82) is 0 Å². The molecular weight excluding hydrogens is 300 g/mol. The highest BCUT2D eigenvalue weighted by Gasteiger charge is 2.51. The Morgan fingerprint density at radius 3 is 2.73 bits per heavy atom. The van der Waals surface area contributed by atoms with Crippen molar-refractivity contribution in [2.75, 3.05) is 11.4 Å². The zero-order chi connectivity index (χ0) is 15.6. The van der Waals surface area contributed by atoms with E-state index in [0.29, 0.717) is 18.8 Å². The first-order valence-electron chi connectivity index (χ1n) is 7.01. The number of nitrogens with zero attached hydrogens (tertiary/aromatic N) is 1. The molecule has 0 aliphatic carbocycles. The standard InChI is InChI=1S/C16H16N2O3S/c19-14(17-11-13-7-4-10-22-13)16(21)8-9-18(15(16)20)12-5-2-1-3-6-12/h1-7,10,21H,8-9,11H2,(H,17,19). The lowest BCUT2D eigenvalue weighted by atomic mass is 10.0. The van der Waals surface area contributed by atoms with Gasteiger partial charge in [0.25, 0.3) is 11.8 Å². The maximum absolute atomic E-state index is 12.4. The van der Waals surface area contributed by atoms with E-state index >= 15 is 0 Å². The number of para-hydroxylation sites is 1. The predicted octanol–water partition coefficient (Wildman–Crippen LogP) is 1.53. The molecule has 1 aromatic heterocycles. The highest BCUT2D eigenvalue weighted by molar-refractivity contribution is 7.09. The summed E-state index contributed by atoms with van der Waals surface area (Å²) in [5, 5.41) is 15.0. The molecule has 5 nitrogen and oxygen atoms in total. The number of amides is 2. The Kier molecular flexibility index (Phi) is 3.96. The van der Waals surface area contributed by atoms with Crippen LogP contribution in [0.5, 0.6) is 0 Å². The molecule has 1 atom stereocenters. The Hall–Kier alpha value is -2.18. The van der Waals surface area contributed by atoms with Crippen molar-refractivity contribution in [3.8, 4) is 0 Å². The second-order valence-electron chi connectivity index (χ2n) is 5.16. The van der Waals surface area contributed by atoms with Crippen LogP contribution in [-0.2, 0) is 16.1 Å². The summed E-state index contributed by atoms with van der Waals surface area (Å²) in [6.07, 6.45) is 0.0942. The van der Waals surface area contributed by atoms with Crippen LogP contribution in [0.15, 0.2) is 47.8 Å². The first kappa shape index (κ1) is 14.7. The molecule has 0 spiro atoms. The van der Waals surface area contributed by atoms with E-state index in [-0.39, 0.29) is 6.42 Å². The molecule has 2 N–H and O–H groups in total. The number of carbonyl (C=O) groups excluding carboxylic acids is 2. The summed E-state index contributed by atoms with van der Waals surface area (Å²) < 4.78 is 0. The highest BCUT2D eigenvalue weighted by Crippen LogP contribution is 2.28. The van der Waals surface area contributed by atoms with Gasteiger partial charge in [-0.1, -0.05) is 24.3 Å². The molecule has 1 aromatic carbocycles. The molecule has 0 radical (unpaired) electrons. The second kappa shape index (κ2) is 5.90. The van der Waals surface area contributed by atoms with Crippen LogP contribution in [0, 0.1) is 0 Å². The van der Waals surface area contributed by atoms with Gasteiger partial charge in [-0.25, -0.2) is 0 Å². The fourth-order valence-corrected chi connectivity index (χ4v) is 3.14. The summed E-state index contributed by atoms with van der Waals surface area (Å²) in [6.45, 7) is 0.642. The Morgan fingerprint density at radius 1 is 1.27 bits per heavy atom. The minimum absolute atomic E-state index is 0.0942. The average molecular weight is 316 g/mol. The third-order valence-electron chi connectivity index (χ3n) is 3.74. The molecule has 1 fully saturated rings. The molecule has 1 saturated heterocycles. The Balaban J connectivity index is 1.70. The number of thiophene rings is 1. The molecule has 2 amide bonds. The zero-order valence-corrected chi connectivity index (χ0v) is 12.7. The minimum atomic E-state index is -1.98. The van der Waals surface area contributed by atoms with Crippen molar-refractivity contribution < 1.29 is 14.7 Å². The van der Waals surface area contributed by atoms with Crippen molar-refractivity contribution in [2.24, 2.45) is 0 Å². The summed E-state index contributed by atoms with van der Waals surface area (Å²) in [4.78, 5) is 27.1. The number of aliphatic hydroxyl groups is 1. The second-order valence-corrected chi connectivity index (χ2v) is 6.20. The molecule has 114 valence electrons. The van der Waals surface area contributed by atoms with E-state index in [1.807, 2.05) is 35.7 Å². The van der Waals surface area contributed by atoms with Gasteiger partial charge in [-0.2, -0.15) is 0 Å². The van der Waals surface area contributed by atoms with Crippen LogP contribution >= 0.6 is 11.3 Å². The van der Waals surface area contributed by atoms with Crippen LogP contribution in [0.25, 0.3) is 0 Å². The van der Waals surface area contributed by atoms with Gasteiger partial charge in [0.15, 0.2) is 0 Å². The van der Waals surface area contributed by atoms with E-state index in [0.717, 1.165) is 4.88 Å². The van der Waals surface area contributed by atoms with Gasteiger partial charge in [-0.15, -0.1) is 11.3 Å². The fraction of sp³-hybridized carbons (Fsp3) is 0.250. The van der Waals surface area contributed by atoms with E-state index < -0.39 is 17.4 Å². The predicted molar refractivity (Wildman–Crippen MR) is 84.5 cm³/mol. The summed E-state index contributed by atoms with van der Waals surface area (Å²) in [6, 6.07) is 12.8. The largest absolute Gasteiger partial charge is 0.372 e. The first-order chi connectivity index (χ1) is 10.6. The molecule has 0 bridgehead atoms. The average Bonchev–Trinajstić information content (AvgIpc) is 3.16. The lowest BCUT2D eigenvalue weighted by molar-refractivity contribution is -0.149. The monoisotopic (exact) mass is 316 g/mol. The van der Waals surface area contributed by atoms with E-state index in [9.17, 15) is 14.7 Å². The van der Waals surface area contributed by atoms with Crippen LogP contribution in [0.3, 0.4) is 0 Å². The molecule has 1 aliphatic rings. The minimum Gasteiger partial charge on any atom is -0.372 e. The SMILES string of the molecule is O=C(NCc1cccs1)C1(O)CCN(c2ccccc2)C1=O. The number of nitrogens with one attached hydrogen (secondary N) is 1. The smallest absolute Gasteiger partial charge is 0.268 e. The lowest BCUT2D eigenvalue weighted by Crippen LogP contribution is -2.52. The van der Waals surface area contributed by atoms with E-state index in [4.69, 9.17) is 0 Å². The van der Waals surface area contributed by atoms with Crippen LogP contribution in [0.2, 0.25) is 0 Å². The normalized spacial score (nSPS) is 21.1. The summed E-state index contributed by atoms with van der Waals surface area (Å²) in [5.41, 5.74) is -1.29. The number of rotatable bonds is 4. The van der Waals surface area contributed by atoms with Crippen molar-refractivity contribution in [2.45, 2.75) is 18.6 Å². The quantitative estimate of drug-likeness (QED) is 0.841. The van der Waals surface area contributed by atoms with Crippen LogP contribution in [0.4, 0.5) is 5.69 Å². The number of hydrogen-bond donors (Lipinski definition) is 2. The molecule has 6 heteroatoms. The van der Waals surface area contributed by atoms with Crippen LogP contribution < -0.4 is 10.2 Å². The lowest BCUT2D eigenvalue weighted by Gasteiger charge is -2.21. The van der Waals surface area contributed by atoms with Gasteiger partial charge >= 0.3 is 0 Å². The summed E-state index contributed by atoms with van der Waals surface area (Å²) in [5.74, 6) is -1.20. The van der Waals surface area contributed by atoms with Crippen molar-refractivity contribution in [3.05, 3.63) is 52.7 Å². The van der Waals surface area contributed by atoms with Crippen LogP contribution in [-0.4, -0.2) is 29.1 Å². The van der Waals surface area contributed by atoms with Crippen LogP contribution in [0.1, 0.15) is 11.3 Å². The molecule has 0 saturated carbocycles. The molecule has 22 heavy (non-hydrogen) atoms. The number of hydrogen-bond acceptors (Lipinski definition) is 4. The Morgan fingerprint density at radius 2 is 2.05 bits per heavy atom. The van der Waals surface area contributed by atoms with Crippen molar-refractivity contribution >= 4 is 28.8 Å². The van der Waals surface area contributed by atoms with Gasteiger partial charge in [-0.3, -0.25) is 9.59 Å². The third-order valence-corrected chi connectivity index (χ3v) is 4.62. The number of anilines is 1. The van der Waals surface area contributed by atoms with Gasteiger partial charge in [-0.05, 0) is 23.6 Å². The summed E-state index contributed by atoms with van der Waals surface area (Å²) in [7, 11) is 0. The van der Waals surface area contributed by atoms with E-state index in [2.05, 4.69) is 5.32 Å². The van der Waals surface area contributed by atoms with Gasteiger partial charge in [0.1, 0.15) is 0 Å². The van der Waals surface area contributed by atoms with Crippen molar-refractivity contribution in [3.63, 3.8) is 0 Å². The van der Waals surface area contributed by atoms with E-state index in [1.165, 1.54) is 16.2 Å². The molecule has 2 heterocycles. The Labute approximate surface area is 132 Å². The molecular formula is C16H16N2O3S. The maximum atomic E-state index is 12.4. The molecule has 1 aliphatic heterocycles. The number of benzene rings is 1. The topological polar surface area (TPSA) is 69.6 Å². The maximum Gasteiger partial charge on any atom is 0.268 e. The van der Waals surface area contributed by atoms with E-state index in [1.54, 1.807) is 12.1 Å². The summed E-state index contributed by atoms with van der Waals surface area (Å²) >= 11 is 1.51. The molecule has 2 aromatic rings. The van der Waals surface area contributed by atoms with Gasteiger partial charge in [0, 0.05) is 23.5 Å². The van der Waals surface area contributed by atoms with Gasteiger partial charge < -0.3 is 15.3 Å². The molecule has 1 unspecified atom stereocenters. The first-order valence-corrected chi connectivity index (χ1v) is 7.89.